The summed E-state index contributed by atoms with van der Waals surface area (Å²) in [5.74, 6) is 0. The van der Waals surface area contributed by atoms with E-state index < -0.39 is 0 Å². The maximum atomic E-state index is 10.9. The highest BCUT2D eigenvalue weighted by atomic mass is 32.1. The Hall–Kier alpha value is -1.49. The van der Waals surface area contributed by atoms with Crippen molar-refractivity contribution in [2.24, 2.45) is 0 Å². The molecule has 0 aromatic carbocycles. The molecular formula is C7H5N3OS. The van der Waals surface area contributed by atoms with Gasteiger partial charge in [0.25, 0.3) is 0 Å². The molecule has 0 aliphatic rings. The fourth-order valence-corrected chi connectivity index (χ4v) is 1.39. The van der Waals surface area contributed by atoms with Crippen LogP contribution in [0.3, 0.4) is 0 Å². The molecule has 0 saturated heterocycles. The quantitative estimate of drug-likeness (QED) is 0.707. The van der Waals surface area contributed by atoms with Gasteiger partial charge in [-0.15, -0.1) is 10.2 Å². The van der Waals surface area contributed by atoms with Crippen molar-refractivity contribution in [3.05, 3.63) is 34.1 Å². The van der Waals surface area contributed by atoms with Crippen molar-refractivity contribution < 1.29 is 0 Å². The average Bonchev–Trinajstić information content (AvgIpc) is 2.56. The molecule has 4 nitrogen and oxygen atoms in total. The first-order valence-electron chi connectivity index (χ1n) is 3.31. The second-order valence-corrected chi connectivity index (χ2v) is 3.02. The minimum atomic E-state index is -0.0287. The summed E-state index contributed by atoms with van der Waals surface area (Å²) in [4.78, 5) is 13.8. The van der Waals surface area contributed by atoms with Gasteiger partial charge in [-0.2, -0.15) is 0 Å². The maximum Gasteiger partial charge on any atom is 0.182 e. The van der Waals surface area contributed by atoms with Crippen LogP contribution in [0, 0.1) is 0 Å². The van der Waals surface area contributed by atoms with Crippen LogP contribution in [0.4, 0.5) is 0 Å². The maximum absolute atomic E-state index is 10.9. The van der Waals surface area contributed by atoms with Crippen LogP contribution in [0.1, 0.15) is 0 Å². The predicted molar refractivity (Wildman–Crippen MR) is 46.0 cm³/mol. The Balaban J connectivity index is 2.55. The van der Waals surface area contributed by atoms with Crippen molar-refractivity contribution in [1.82, 2.24) is 15.2 Å². The zero-order valence-corrected chi connectivity index (χ0v) is 6.84. The topological polar surface area (TPSA) is 58.6 Å². The van der Waals surface area contributed by atoms with Gasteiger partial charge in [-0.05, 0) is 0 Å². The van der Waals surface area contributed by atoms with Gasteiger partial charge in [0.05, 0.1) is 5.69 Å². The largest absolute Gasteiger partial charge is 0.359 e. The molecule has 60 valence electrons. The molecule has 0 bridgehead atoms. The smallest absolute Gasteiger partial charge is 0.182 e. The van der Waals surface area contributed by atoms with Crippen LogP contribution in [0.15, 0.2) is 28.6 Å². The summed E-state index contributed by atoms with van der Waals surface area (Å²) in [6.07, 6.45) is 1.60. The highest BCUT2D eigenvalue weighted by Crippen LogP contribution is 2.15. The van der Waals surface area contributed by atoms with Gasteiger partial charge in [0.15, 0.2) is 10.4 Å². The van der Waals surface area contributed by atoms with Crippen LogP contribution in [0.25, 0.3) is 10.7 Å². The van der Waals surface area contributed by atoms with Crippen LogP contribution >= 0.6 is 11.3 Å². The molecule has 2 heterocycles. The van der Waals surface area contributed by atoms with Crippen LogP contribution in [0.5, 0.6) is 0 Å². The summed E-state index contributed by atoms with van der Waals surface area (Å²) < 4.78 is 0. The van der Waals surface area contributed by atoms with Crippen LogP contribution in [0.2, 0.25) is 0 Å². The Morgan fingerprint density at radius 3 is 3.08 bits per heavy atom. The normalized spacial score (nSPS) is 10.0. The Morgan fingerprint density at radius 2 is 2.42 bits per heavy atom. The lowest BCUT2D eigenvalue weighted by Crippen LogP contribution is -1.97. The standard InChI is InChI=1S/C7H5N3OS/c11-5-1-2-8-6(3-5)7-10-9-4-12-7/h1-4H,(H,8,11). The Morgan fingerprint density at radius 1 is 1.50 bits per heavy atom. The van der Waals surface area contributed by atoms with Gasteiger partial charge in [-0.3, -0.25) is 4.79 Å². The number of H-pyrrole nitrogens is 1. The molecule has 0 fully saturated rings. The molecule has 0 aliphatic carbocycles. The predicted octanol–water partition coefficient (Wildman–Crippen LogP) is 0.893. The highest BCUT2D eigenvalue weighted by Gasteiger charge is 2.00. The zero-order chi connectivity index (χ0) is 8.39. The molecule has 0 atom stereocenters. The fraction of sp³-hybridized carbons (Fsp3) is 0. The lowest BCUT2D eigenvalue weighted by atomic mass is 10.3. The van der Waals surface area contributed by atoms with E-state index in [1.54, 1.807) is 11.7 Å². The molecule has 2 aromatic heterocycles. The Bertz CT molecular complexity index is 420. The average molecular weight is 179 g/mol. The molecule has 0 amide bonds. The van der Waals surface area contributed by atoms with E-state index in [0.29, 0.717) is 5.69 Å². The number of nitrogens with zero attached hydrogens (tertiary/aromatic N) is 2. The van der Waals surface area contributed by atoms with Crippen molar-refractivity contribution in [3.8, 4) is 10.7 Å². The van der Waals surface area contributed by atoms with E-state index in [0.717, 1.165) is 5.01 Å². The summed E-state index contributed by atoms with van der Waals surface area (Å²) >= 11 is 1.39. The van der Waals surface area contributed by atoms with E-state index >= 15 is 0 Å². The molecule has 0 aliphatic heterocycles. The van der Waals surface area contributed by atoms with Crippen molar-refractivity contribution in [3.63, 3.8) is 0 Å². The van der Waals surface area contributed by atoms with Gasteiger partial charge >= 0.3 is 0 Å². The zero-order valence-electron chi connectivity index (χ0n) is 6.02. The number of aromatic nitrogens is 3. The van der Waals surface area contributed by atoms with Crippen LogP contribution < -0.4 is 5.43 Å². The molecule has 12 heavy (non-hydrogen) atoms. The second-order valence-electron chi connectivity index (χ2n) is 2.18. The molecule has 1 N–H and O–H groups in total. The summed E-state index contributed by atoms with van der Waals surface area (Å²) in [7, 11) is 0. The number of hydrogen-bond donors (Lipinski definition) is 1. The van der Waals surface area contributed by atoms with Crippen molar-refractivity contribution in [1.29, 1.82) is 0 Å². The van der Waals surface area contributed by atoms with E-state index in [1.807, 2.05) is 0 Å². The third kappa shape index (κ3) is 1.26. The second kappa shape index (κ2) is 2.86. The number of aromatic amines is 1. The summed E-state index contributed by atoms with van der Waals surface area (Å²) in [5, 5.41) is 8.23. The minimum Gasteiger partial charge on any atom is -0.359 e. The third-order valence-electron chi connectivity index (χ3n) is 1.36. The van der Waals surface area contributed by atoms with Crippen molar-refractivity contribution in [2.45, 2.75) is 0 Å². The molecule has 0 unspecified atom stereocenters. The number of pyridine rings is 1. The lowest BCUT2D eigenvalue weighted by molar-refractivity contribution is 1.08. The minimum absolute atomic E-state index is 0.0287. The van der Waals surface area contributed by atoms with Gasteiger partial charge in [0.2, 0.25) is 0 Å². The first-order valence-corrected chi connectivity index (χ1v) is 4.19. The van der Waals surface area contributed by atoms with Crippen LogP contribution in [-0.4, -0.2) is 15.2 Å². The van der Waals surface area contributed by atoms with Gasteiger partial charge in [-0.25, -0.2) is 0 Å². The number of nitrogens with one attached hydrogen (secondary N) is 1. The molecule has 0 saturated carbocycles. The monoisotopic (exact) mass is 179 g/mol. The van der Waals surface area contributed by atoms with Gasteiger partial charge in [0.1, 0.15) is 5.51 Å². The molecule has 0 spiro atoms. The summed E-state index contributed by atoms with van der Waals surface area (Å²) in [6, 6.07) is 2.96. The first kappa shape index (κ1) is 7.17. The van der Waals surface area contributed by atoms with Crippen molar-refractivity contribution >= 4 is 11.3 Å². The lowest BCUT2D eigenvalue weighted by Gasteiger charge is -1.91. The van der Waals surface area contributed by atoms with E-state index in [4.69, 9.17) is 0 Å². The van der Waals surface area contributed by atoms with Crippen molar-refractivity contribution in [2.75, 3.05) is 0 Å². The molecule has 0 radical (unpaired) electrons. The SMILES string of the molecule is O=c1cc[nH]c(-c2nncs2)c1. The summed E-state index contributed by atoms with van der Waals surface area (Å²) in [6.45, 7) is 0. The first-order chi connectivity index (χ1) is 5.86. The van der Waals surface area contributed by atoms with Gasteiger partial charge in [-0.1, -0.05) is 11.3 Å². The van der Waals surface area contributed by atoms with E-state index in [9.17, 15) is 4.79 Å². The van der Waals surface area contributed by atoms with E-state index in [1.165, 1.54) is 23.5 Å². The van der Waals surface area contributed by atoms with Gasteiger partial charge in [0, 0.05) is 18.3 Å². The van der Waals surface area contributed by atoms with Crippen LogP contribution in [-0.2, 0) is 0 Å². The van der Waals surface area contributed by atoms with E-state index in [2.05, 4.69) is 15.2 Å². The summed E-state index contributed by atoms with van der Waals surface area (Å²) in [5.41, 5.74) is 2.31. The number of rotatable bonds is 1. The Labute approximate surface area is 71.9 Å². The molecular weight excluding hydrogens is 174 g/mol. The van der Waals surface area contributed by atoms with E-state index in [-0.39, 0.29) is 5.43 Å². The molecule has 2 aromatic rings. The fourth-order valence-electron chi connectivity index (χ4n) is 0.860. The Kier molecular flexibility index (Phi) is 1.71. The third-order valence-corrected chi connectivity index (χ3v) is 2.09. The molecule has 2 rings (SSSR count). The van der Waals surface area contributed by atoms with Gasteiger partial charge < -0.3 is 4.98 Å². The molecule has 5 heteroatoms. The number of hydrogen-bond acceptors (Lipinski definition) is 4. The highest BCUT2D eigenvalue weighted by molar-refractivity contribution is 7.12.